The summed E-state index contributed by atoms with van der Waals surface area (Å²) in [5.74, 6) is 0. The van der Waals surface area contributed by atoms with Crippen LogP contribution in [-0.4, -0.2) is 0 Å². The molecular weight excluding hydrogens is 296 g/mol. The van der Waals surface area contributed by atoms with Crippen molar-refractivity contribution in [2.24, 2.45) is 0 Å². The average Bonchev–Trinajstić information content (AvgIpc) is 2.58. The number of hydrogen-bond acceptors (Lipinski definition) is 1. The lowest BCUT2D eigenvalue weighted by Gasteiger charge is -2.16. The minimum absolute atomic E-state index is 1.15. The van der Waals surface area contributed by atoms with Gasteiger partial charge in [0.25, 0.3) is 0 Å². The van der Waals surface area contributed by atoms with Crippen LogP contribution in [-0.2, 0) is 12.8 Å². The van der Waals surface area contributed by atoms with Crippen molar-refractivity contribution < 1.29 is 0 Å². The molecule has 0 saturated heterocycles. The fourth-order valence-corrected chi connectivity index (χ4v) is 3.84. The monoisotopic (exact) mass is 322 g/mol. The van der Waals surface area contributed by atoms with Crippen molar-refractivity contribution in [3.8, 4) is 0 Å². The van der Waals surface area contributed by atoms with E-state index in [9.17, 15) is 0 Å². The number of hydrogen-bond donors (Lipinski definition) is 1. The maximum absolute atomic E-state index is 4.95. The minimum atomic E-state index is 1.15. The smallest absolute Gasteiger partial charge is 0.0154 e. The van der Waals surface area contributed by atoms with E-state index in [0.717, 1.165) is 6.42 Å². The Morgan fingerprint density at radius 3 is 2.13 bits per heavy atom. The lowest BCUT2D eigenvalue weighted by molar-refractivity contribution is 0.751. The first kappa shape index (κ1) is 16.4. The molecule has 0 N–H and O–H groups in total. The summed E-state index contributed by atoms with van der Waals surface area (Å²) < 4.78 is 0. The van der Waals surface area contributed by atoms with Gasteiger partial charge >= 0.3 is 0 Å². The first-order chi connectivity index (χ1) is 11.2. The molecule has 0 aliphatic heterocycles. The summed E-state index contributed by atoms with van der Waals surface area (Å²) >= 11 is 4.95. The highest BCUT2D eigenvalue weighted by Crippen LogP contribution is 2.34. The van der Waals surface area contributed by atoms with Crippen LogP contribution in [0.15, 0.2) is 47.4 Å². The fraction of sp³-hybridized carbons (Fsp3) is 0.364. The third-order valence-corrected chi connectivity index (χ3v) is 5.27. The van der Waals surface area contributed by atoms with Gasteiger partial charge < -0.3 is 0 Å². The van der Waals surface area contributed by atoms with Gasteiger partial charge in [-0.1, -0.05) is 57.0 Å². The van der Waals surface area contributed by atoms with Crippen molar-refractivity contribution >= 4 is 34.2 Å². The topological polar surface area (TPSA) is 0 Å². The molecule has 23 heavy (non-hydrogen) atoms. The molecule has 0 fully saturated rings. The molecule has 0 atom stereocenters. The highest BCUT2D eigenvalue weighted by Gasteiger charge is 2.11. The third kappa shape index (κ3) is 3.40. The molecule has 0 radical (unpaired) electrons. The Hall–Kier alpha value is -1.47. The highest BCUT2D eigenvalue weighted by molar-refractivity contribution is 7.80. The number of benzene rings is 3. The maximum Gasteiger partial charge on any atom is 0.0154 e. The van der Waals surface area contributed by atoms with E-state index in [4.69, 9.17) is 12.6 Å². The van der Waals surface area contributed by atoms with Crippen molar-refractivity contribution in [3.63, 3.8) is 0 Å². The van der Waals surface area contributed by atoms with E-state index in [2.05, 4.69) is 56.3 Å². The summed E-state index contributed by atoms with van der Waals surface area (Å²) in [5.41, 5.74) is 2.99. The van der Waals surface area contributed by atoms with Gasteiger partial charge in [-0.2, -0.15) is 0 Å². The predicted molar refractivity (Wildman–Crippen MR) is 106 cm³/mol. The molecule has 120 valence electrons. The van der Waals surface area contributed by atoms with Crippen molar-refractivity contribution in [1.82, 2.24) is 0 Å². The summed E-state index contributed by atoms with van der Waals surface area (Å²) in [4.78, 5) is 1.20. The molecule has 0 unspecified atom stereocenters. The first-order valence-electron chi connectivity index (χ1n) is 8.90. The van der Waals surface area contributed by atoms with Gasteiger partial charge in [-0.05, 0) is 70.5 Å². The van der Waals surface area contributed by atoms with Crippen molar-refractivity contribution in [2.45, 2.75) is 57.3 Å². The van der Waals surface area contributed by atoms with Gasteiger partial charge in [0.1, 0.15) is 0 Å². The van der Waals surface area contributed by atoms with E-state index in [1.165, 1.54) is 69.7 Å². The van der Waals surface area contributed by atoms with Gasteiger partial charge in [-0.3, -0.25) is 0 Å². The zero-order valence-corrected chi connectivity index (χ0v) is 15.1. The van der Waals surface area contributed by atoms with Crippen molar-refractivity contribution in [3.05, 3.63) is 53.6 Å². The van der Waals surface area contributed by atoms with Crippen LogP contribution < -0.4 is 0 Å². The van der Waals surface area contributed by atoms with Crippen LogP contribution >= 0.6 is 12.6 Å². The summed E-state index contributed by atoms with van der Waals surface area (Å²) in [7, 11) is 0. The molecule has 0 aliphatic carbocycles. The number of aryl methyl sites for hydroxylation is 1. The van der Waals surface area contributed by atoms with Crippen LogP contribution in [0.1, 0.15) is 50.7 Å². The quantitative estimate of drug-likeness (QED) is 0.368. The Morgan fingerprint density at radius 2 is 1.43 bits per heavy atom. The van der Waals surface area contributed by atoms with E-state index < -0.39 is 0 Å². The van der Waals surface area contributed by atoms with Crippen LogP contribution in [0, 0.1) is 0 Å². The van der Waals surface area contributed by atoms with Crippen LogP contribution in [0.25, 0.3) is 21.5 Å². The van der Waals surface area contributed by atoms with Gasteiger partial charge in [0, 0.05) is 4.90 Å². The normalized spacial score (nSPS) is 11.4. The SMILES string of the molecule is CCCCc1cc2cc3ccccc3cc2c(S)c1CCCC. The Labute approximate surface area is 145 Å². The van der Waals surface area contributed by atoms with E-state index in [1.54, 1.807) is 0 Å². The average molecular weight is 323 g/mol. The van der Waals surface area contributed by atoms with E-state index in [-0.39, 0.29) is 0 Å². The Morgan fingerprint density at radius 1 is 0.783 bits per heavy atom. The fourth-order valence-electron chi connectivity index (χ4n) is 3.39. The second kappa shape index (κ2) is 7.40. The van der Waals surface area contributed by atoms with Crippen LogP contribution in [0.5, 0.6) is 0 Å². The standard InChI is InChI=1S/C22H26S/c1-3-5-9-18-14-19-13-16-10-7-8-11-17(16)15-21(19)22(23)20(18)12-6-4-2/h7-8,10-11,13-15,23H,3-6,9,12H2,1-2H3. The first-order valence-corrected chi connectivity index (χ1v) is 9.35. The Balaban J connectivity index is 2.20. The molecular formula is C22H26S. The van der Waals surface area contributed by atoms with Gasteiger partial charge in [0.15, 0.2) is 0 Å². The number of fused-ring (bicyclic) bond motifs is 2. The molecule has 0 saturated carbocycles. The largest absolute Gasteiger partial charge is 0.142 e. The minimum Gasteiger partial charge on any atom is -0.142 e. The lowest BCUT2D eigenvalue weighted by atomic mass is 9.92. The molecule has 0 nitrogen and oxygen atoms in total. The summed E-state index contributed by atoms with van der Waals surface area (Å²) in [6.45, 7) is 4.53. The summed E-state index contributed by atoms with van der Waals surface area (Å²) in [5, 5.41) is 5.26. The lowest BCUT2D eigenvalue weighted by Crippen LogP contribution is -1.98. The third-order valence-electron chi connectivity index (χ3n) is 4.76. The maximum atomic E-state index is 4.95. The summed E-state index contributed by atoms with van der Waals surface area (Å²) in [6.07, 6.45) is 7.29. The molecule has 0 spiro atoms. The molecule has 0 bridgehead atoms. The number of unbranched alkanes of at least 4 members (excludes halogenated alkanes) is 2. The molecule has 0 heterocycles. The van der Waals surface area contributed by atoms with Crippen LogP contribution in [0.4, 0.5) is 0 Å². The summed E-state index contributed by atoms with van der Waals surface area (Å²) in [6, 6.07) is 15.7. The molecule has 1 heteroatoms. The van der Waals surface area contributed by atoms with Crippen LogP contribution in [0.3, 0.4) is 0 Å². The number of rotatable bonds is 6. The second-order valence-electron chi connectivity index (χ2n) is 6.49. The molecule has 0 aromatic heterocycles. The molecule has 0 amide bonds. The molecule has 0 aliphatic rings. The molecule has 3 aromatic carbocycles. The Kier molecular flexibility index (Phi) is 5.27. The Bertz CT molecular complexity index is 817. The van der Waals surface area contributed by atoms with Crippen molar-refractivity contribution in [1.29, 1.82) is 0 Å². The van der Waals surface area contributed by atoms with Crippen LogP contribution in [0.2, 0.25) is 0 Å². The van der Waals surface area contributed by atoms with Gasteiger partial charge in [-0.25, -0.2) is 0 Å². The van der Waals surface area contributed by atoms with E-state index >= 15 is 0 Å². The van der Waals surface area contributed by atoms with Gasteiger partial charge in [0.05, 0.1) is 0 Å². The number of thiol groups is 1. The van der Waals surface area contributed by atoms with Gasteiger partial charge in [0.2, 0.25) is 0 Å². The molecule has 3 rings (SSSR count). The van der Waals surface area contributed by atoms with Gasteiger partial charge in [-0.15, -0.1) is 12.6 Å². The highest BCUT2D eigenvalue weighted by atomic mass is 32.1. The second-order valence-corrected chi connectivity index (χ2v) is 6.94. The molecule has 3 aromatic rings. The zero-order chi connectivity index (χ0) is 16.2. The van der Waals surface area contributed by atoms with E-state index in [1.807, 2.05) is 0 Å². The zero-order valence-electron chi connectivity index (χ0n) is 14.2. The predicted octanol–water partition coefficient (Wildman–Crippen LogP) is 6.97. The van der Waals surface area contributed by atoms with E-state index in [0.29, 0.717) is 0 Å². The van der Waals surface area contributed by atoms with Crippen molar-refractivity contribution in [2.75, 3.05) is 0 Å².